The third kappa shape index (κ3) is 4.70. The average Bonchev–Trinajstić information content (AvgIpc) is 2.45. The van der Waals surface area contributed by atoms with Gasteiger partial charge >= 0.3 is 5.97 Å². The van der Waals surface area contributed by atoms with Gasteiger partial charge in [0.05, 0.1) is 17.8 Å². The van der Waals surface area contributed by atoms with Gasteiger partial charge in [-0.15, -0.1) is 0 Å². The minimum Gasteiger partial charge on any atom is -0.507 e. The predicted molar refractivity (Wildman–Crippen MR) is 81.0 cm³/mol. The van der Waals surface area contributed by atoms with Crippen LogP contribution in [0.15, 0.2) is 35.2 Å². The number of rotatable bonds is 6. The topological polar surface area (TPSA) is 97.7 Å². The number of esters is 1. The second-order valence-corrected chi connectivity index (χ2v) is 7.12. The average molecular weight is 326 g/mol. The van der Waals surface area contributed by atoms with Gasteiger partial charge < -0.3 is 9.84 Å². The first-order chi connectivity index (χ1) is 10.2. The highest BCUT2D eigenvalue weighted by Gasteiger charge is 2.17. The van der Waals surface area contributed by atoms with Crippen LogP contribution in [0.4, 0.5) is 0 Å². The molecule has 6 nitrogen and oxygen atoms in total. The molecule has 0 aliphatic heterocycles. The molecule has 0 unspecified atom stereocenters. The van der Waals surface area contributed by atoms with Gasteiger partial charge in [-0.2, -0.15) is 0 Å². The summed E-state index contributed by atoms with van der Waals surface area (Å²) in [4.78, 5) is 22.4. The lowest BCUT2D eigenvalue weighted by molar-refractivity contribution is -0.149. The number of ether oxygens (including phenoxy) is 1. The number of ketones is 1. The van der Waals surface area contributed by atoms with E-state index >= 15 is 0 Å². The summed E-state index contributed by atoms with van der Waals surface area (Å²) in [5.41, 5.74) is 0.223. The SMILES string of the molecule is COC(=O)C(=O)/C=C(\O)c1ccc(S(=O)(=O)CC(C)C)cc1. The quantitative estimate of drug-likeness (QED) is 0.370. The van der Waals surface area contributed by atoms with Crippen LogP contribution in [-0.4, -0.2) is 38.1 Å². The molecule has 0 bridgehead atoms. The number of aliphatic hydroxyl groups excluding tert-OH is 1. The fourth-order valence-electron chi connectivity index (χ4n) is 1.74. The molecule has 0 heterocycles. The van der Waals surface area contributed by atoms with Crippen LogP contribution >= 0.6 is 0 Å². The lowest BCUT2D eigenvalue weighted by Crippen LogP contribution is -2.13. The van der Waals surface area contributed by atoms with Gasteiger partial charge in [0.2, 0.25) is 0 Å². The van der Waals surface area contributed by atoms with E-state index in [4.69, 9.17) is 0 Å². The third-order valence-corrected chi connectivity index (χ3v) is 4.81. The fraction of sp³-hybridized carbons (Fsp3) is 0.333. The molecule has 120 valence electrons. The monoisotopic (exact) mass is 326 g/mol. The van der Waals surface area contributed by atoms with E-state index in [0.29, 0.717) is 0 Å². The van der Waals surface area contributed by atoms with E-state index in [-0.39, 0.29) is 22.1 Å². The van der Waals surface area contributed by atoms with Crippen LogP contribution in [0.3, 0.4) is 0 Å². The smallest absolute Gasteiger partial charge is 0.378 e. The molecule has 1 aromatic rings. The molecule has 0 atom stereocenters. The molecule has 0 amide bonds. The van der Waals surface area contributed by atoms with E-state index in [1.165, 1.54) is 24.3 Å². The van der Waals surface area contributed by atoms with E-state index in [1.807, 2.05) is 0 Å². The van der Waals surface area contributed by atoms with Crippen LogP contribution in [0.2, 0.25) is 0 Å². The zero-order valence-corrected chi connectivity index (χ0v) is 13.4. The van der Waals surface area contributed by atoms with Crippen LogP contribution in [0.1, 0.15) is 19.4 Å². The summed E-state index contributed by atoms with van der Waals surface area (Å²) in [6.45, 7) is 3.61. The first-order valence-corrected chi connectivity index (χ1v) is 8.18. The van der Waals surface area contributed by atoms with Gasteiger partial charge in [-0.25, -0.2) is 13.2 Å². The van der Waals surface area contributed by atoms with Gasteiger partial charge in [-0.3, -0.25) is 4.79 Å². The molecule has 1 aromatic carbocycles. The molecule has 0 aromatic heterocycles. The van der Waals surface area contributed by atoms with Crippen molar-refractivity contribution in [2.45, 2.75) is 18.7 Å². The van der Waals surface area contributed by atoms with Crippen molar-refractivity contribution in [2.75, 3.05) is 12.9 Å². The Bertz CT molecular complexity index is 683. The van der Waals surface area contributed by atoms with E-state index in [0.717, 1.165) is 13.2 Å². The van der Waals surface area contributed by atoms with Crippen LogP contribution in [-0.2, 0) is 24.2 Å². The maximum Gasteiger partial charge on any atom is 0.378 e. The van der Waals surface area contributed by atoms with Crippen molar-refractivity contribution < 1.29 is 27.9 Å². The summed E-state index contributed by atoms with van der Waals surface area (Å²) >= 11 is 0. The van der Waals surface area contributed by atoms with Gasteiger partial charge in [-0.1, -0.05) is 13.8 Å². The van der Waals surface area contributed by atoms with Crippen molar-refractivity contribution in [1.29, 1.82) is 0 Å². The van der Waals surface area contributed by atoms with Crippen molar-refractivity contribution in [3.8, 4) is 0 Å². The molecule has 1 N–H and O–H groups in total. The molecule has 0 spiro atoms. The number of sulfone groups is 1. The normalized spacial score (nSPS) is 12.3. The van der Waals surface area contributed by atoms with Crippen LogP contribution in [0, 0.1) is 5.92 Å². The first-order valence-electron chi connectivity index (χ1n) is 6.53. The summed E-state index contributed by atoms with van der Waals surface area (Å²) in [7, 11) is -2.33. The summed E-state index contributed by atoms with van der Waals surface area (Å²) < 4.78 is 28.3. The minimum atomic E-state index is -3.38. The van der Waals surface area contributed by atoms with E-state index in [2.05, 4.69) is 4.74 Å². The molecule has 0 fully saturated rings. The van der Waals surface area contributed by atoms with E-state index in [9.17, 15) is 23.1 Å². The Morgan fingerprint density at radius 3 is 2.23 bits per heavy atom. The largest absolute Gasteiger partial charge is 0.507 e. The number of carbonyl (C=O) groups is 2. The van der Waals surface area contributed by atoms with Gasteiger partial charge in [0.15, 0.2) is 9.84 Å². The first kappa shape index (κ1) is 17.9. The molecular formula is C15H18O6S. The lowest BCUT2D eigenvalue weighted by Gasteiger charge is -2.08. The molecule has 0 saturated carbocycles. The third-order valence-electron chi connectivity index (χ3n) is 2.72. The number of benzene rings is 1. The van der Waals surface area contributed by atoms with Crippen molar-refractivity contribution in [2.24, 2.45) is 5.92 Å². The van der Waals surface area contributed by atoms with Crippen molar-refractivity contribution >= 4 is 27.3 Å². The molecule has 0 saturated heterocycles. The zero-order chi connectivity index (χ0) is 16.9. The lowest BCUT2D eigenvalue weighted by atomic mass is 10.1. The summed E-state index contributed by atoms with van der Waals surface area (Å²) in [5, 5.41) is 9.76. The van der Waals surface area contributed by atoms with E-state index in [1.54, 1.807) is 13.8 Å². The number of methoxy groups -OCH3 is 1. The number of hydrogen-bond donors (Lipinski definition) is 1. The standard InChI is InChI=1S/C15H18O6S/c1-10(2)9-22(19,20)12-6-4-11(5-7-12)13(16)8-14(17)15(18)21-3/h4-8,10,16H,9H2,1-3H3/b13-8-. The second kappa shape index (κ2) is 7.22. The molecular weight excluding hydrogens is 308 g/mol. The van der Waals surface area contributed by atoms with Gasteiger partial charge in [0.1, 0.15) is 5.76 Å². The van der Waals surface area contributed by atoms with Crippen LogP contribution in [0.5, 0.6) is 0 Å². The van der Waals surface area contributed by atoms with Gasteiger partial charge in [0.25, 0.3) is 5.78 Å². The number of hydrogen-bond acceptors (Lipinski definition) is 6. The van der Waals surface area contributed by atoms with E-state index < -0.39 is 27.3 Å². The van der Waals surface area contributed by atoms with Crippen molar-refractivity contribution in [3.05, 3.63) is 35.9 Å². The predicted octanol–water partition coefficient (Wildman–Crippen LogP) is 1.76. The Balaban J connectivity index is 3.01. The highest BCUT2D eigenvalue weighted by atomic mass is 32.2. The molecule has 0 radical (unpaired) electrons. The van der Waals surface area contributed by atoms with Crippen LogP contribution in [0.25, 0.3) is 5.76 Å². The summed E-state index contributed by atoms with van der Waals surface area (Å²) in [6.07, 6.45) is 0.726. The van der Waals surface area contributed by atoms with Crippen molar-refractivity contribution in [1.82, 2.24) is 0 Å². The summed E-state index contributed by atoms with van der Waals surface area (Å²) in [5.74, 6) is -2.52. The number of aliphatic hydroxyl groups is 1. The Hall–Kier alpha value is -2.15. The molecule has 1 rings (SSSR count). The van der Waals surface area contributed by atoms with Crippen LogP contribution < -0.4 is 0 Å². The van der Waals surface area contributed by atoms with Crippen molar-refractivity contribution in [3.63, 3.8) is 0 Å². The molecule has 0 aliphatic rings. The number of carbonyl (C=O) groups excluding carboxylic acids is 2. The molecule has 22 heavy (non-hydrogen) atoms. The zero-order valence-electron chi connectivity index (χ0n) is 12.6. The Kier molecular flexibility index (Phi) is 5.87. The highest BCUT2D eigenvalue weighted by Crippen LogP contribution is 2.18. The summed E-state index contributed by atoms with van der Waals surface area (Å²) in [6, 6.07) is 5.42. The highest BCUT2D eigenvalue weighted by molar-refractivity contribution is 7.91. The maximum atomic E-state index is 12.0. The minimum absolute atomic E-state index is 0.00403. The Morgan fingerprint density at radius 2 is 1.77 bits per heavy atom. The molecule has 0 aliphatic carbocycles. The van der Waals surface area contributed by atoms with Gasteiger partial charge in [0, 0.05) is 11.6 Å². The fourth-order valence-corrected chi connectivity index (χ4v) is 3.36. The maximum absolute atomic E-state index is 12.0. The Labute approximate surface area is 129 Å². The van der Waals surface area contributed by atoms with Gasteiger partial charge in [-0.05, 0) is 30.2 Å². The Morgan fingerprint density at radius 1 is 1.23 bits per heavy atom. The second-order valence-electron chi connectivity index (χ2n) is 5.09. The molecule has 7 heteroatoms.